The molecule has 3 aromatic rings. The van der Waals surface area contributed by atoms with Crippen molar-refractivity contribution in [2.75, 3.05) is 17.1 Å². The van der Waals surface area contributed by atoms with Crippen LogP contribution in [0.3, 0.4) is 0 Å². The lowest BCUT2D eigenvalue weighted by Crippen LogP contribution is -2.15. The van der Waals surface area contributed by atoms with E-state index in [1.54, 1.807) is 55.6 Å². The van der Waals surface area contributed by atoms with Gasteiger partial charge in [0.05, 0.1) is 28.5 Å². The van der Waals surface area contributed by atoms with E-state index in [2.05, 4.69) is 10.0 Å². The van der Waals surface area contributed by atoms with Gasteiger partial charge in [0.2, 0.25) is 5.91 Å². The molecular weight excluding hydrogens is 447 g/mol. The summed E-state index contributed by atoms with van der Waals surface area (Å²) in [5.41, 5.74) is 1.76. The smallest absolute Gasteiger partial charge is 0.261 e. The molecule has 0 atom stereocenters. The third-order valence-corrected chi connectivity index (χ3v) is 6.26. The summed E-state index contributed by atoms with van der Waals surface area (Å²) in [5, 5.41) is 3.22. The number of carbonyl (C=O) groups excluding carboxylic acids is 1. The highest BCUT2D eigenvalue weighted by atomic mass is 35.5. The summed E-state index contributed by atoms with van der Waals surface area (Å²) in [7, 11) is -2.25. The molecule has 0 spiro atoms. The van der Waals surface area contributed by atoms with Crippen LogP contribution in [0.2, 0.25) is 10.0 Å². The van der Waals surface area contributed by atoms with Gasteiger partial charge in [-0.05, 0) is 60.2 Å². The topological polar surface area (TPSA) is 84.5 Å². The van der Waals surface area contributed by atoms with Crippen molar-refractivity contribution in [1.82, 2.24) is 0 Å². The van der Waals surface area contributed by atoms with Crippen LogP contribution in [0.1, 0.15) is 5.56 Å². The lowest BCUT2D eigenvalue weighted by Gasteiger charge is -2.10. The van der Waals surface area contributed by atoms with Crippen LogP contribution in [0.4, 0.5) is 11.4 Å². The number of sulfonamides is 1. The second kappa shape index (κ2) is 9.38. The first kappa shape index (κ1) is 22.0. The van der Waals surface area contributed by atoms with Crippen LogP contribution >= 0.6 is 23.2 Å². The van der Waals surface area contributed by atoms with Gasteiger partial charge in [0, 0.05) is 11.4 Å². The van der Waals surface area contributed by atoms with Gasteiger partial charge in [-0.1, -0.05) is 35.3 Å². The Morgan fingerprint density at radius 1 is 0.900 bits per heavy atom. The molecule has 0 bridgehead atoms. The molecule has 0 aliphatic heterocycles. The maximum atomic E-state index is 12.5. The third-order valence-electron chi connectivity index (χ3n) is 4.15. The van der Waals surface area contributed by atoms with Gasteiger partial charge >= 0.3 is 0 Å². The van der Waals surface area contributed by atoms with Crippen molar-refractivity contribution < 1.29 is 17.9 Å². The summed E-state index contributed by atoms with van der Waals surface area (Å²) < 4.78 is 32.5. The highest BCUT2D eigenvalue weighted by Gasteiger charge is 2.16. The van der Waals surface area contributed by atoms with Crippen molar-refractivity contribution in [3.8, 4) is 5.75 Å². The number of methoxy groups -OCH3 is 1. The van der Waals surface area contributed by atoms with E-state index in [9.17, 15) is 13.2 Å². The highest BCUT2D eigenvalue weighted by molar-refractivity contribution is 7.92. The lowest BCUT2D eigenvalue weighted by molar-refractivity contribution is -0.115. The van der Waals surface area contributed by atoms with Crippen LogP contribution in [0.25, 0.3) is 0 Å². The summed E-state index contributed by atoms with van der Waals surface area (Å²) >= 11 is 11.7. The molecule has 156 valence electrons. The fraction of sp³-hybridized carbons (Fsp3) is 0.0952. The Bertz CT molecular complexity index is 1150. The van der Waals surface area contributed by atoms with Crippen molar-refractivity contribution in [2.45, 2.75) is 11.3 Å². The van der Waals surface area contributed by atoms with Gasteiger partial charge in [-0.3, -0.25) is 9.52 Å². The van der Waals surface area contributed by atoms with E-state index < -0.39 is 10.0 Å². The van der Waals surface area contributed by atoms with E-state index in [1.165, 1.54) is 18.2 Å². The van der Waals surface area contributed by atoms with E-state index in [1.807, 2.05) is 0 Å². The molecule has 6 nitrogen and oxygen atoms in total. The van der Waals surface area contributed by atoms with Crippen LogP contribution < -0.4 is 14.8 Å². The molecule has 0 heterocycles. The standard InChI is InChI=1S/C21H18Cl2N2O4S/c1-29-17-8-6-15(7-9-17)24-21(26)12-14-2-4-16(5-3-14)25-30(27,28)18-10-11-19(22)20(23)13-18/h2-11,13,25H,12H2,1H3,(H,24,26). The van der Waals surface area contributed by atoms with Gasteiger partial charge in [-0.25, -0.2) is 8.42 Å². The molecule has 30 heavy (non-hydrogen) atoms. The lowest BCUT2D eigenvalue weighted by atomic mass is 10.1. The second-order valence-corrected chi connectivity index (χ2v) is 8.83. The Hall–Kier alpha value is -2.74. The maximum Gasteiger partial charge on any atom is 0.261 e. The Morgan fingerprint density at radius 3 is 2.13 bits per heavy atom. The first-order valence-corrected chi connectivity index (χ1v) is 11.0. The van der Waals surface area contributed by atoms with Crippen LogP contribution in [0, 0.1) is 0 Å². The van der Waals surface area contributed by atoms with Gasteiger partial charge in [-0.2, -0.15) is 0 Å². The molecule has 0 unspecified atom stereocenters. The Morgan fingerprint density at radius 2 is 1.53 bits per heavy atom. The molecule has 3 aromatic carbocycles. The zero-order valence-corrected chi connectivity index (χ0v) is 18.2. The summed E-state index contributed by atoms with van der Waals surface area (Å²) in [6, 6.07) is 17.6. The summed E-state index contributed by atoms with van der Waals surface area (Å²) in [6.45, 7) is 0. The number of rotatable bonds is 7. The average Bonchev–Trinajstić information content (AvgIpc) is 2.71. The largest absolute Gasteiger partial charge is 0.497 e. The molecule has 1 amide bonds. The SMILES string of the molecule is COc1ccc(NC(=O)Cc2ccc(NS(=O)(=O)c3ccc(Cl)c(Cl)c3)cc2)cc1. The van der Waals surface area contributed by atoms with E-state index in [-0.39, 0.29) is 27.3 Å². The minimum Gasteiger partial charge on any atom is -0.497 e. The van der Waals surface area contributed by atoms with Crippen molar-refractivity contribution in [1.29, 1.82) is 0 Å². The zero-order valence-electron chi connectivity index (χ0n) is 15.9. The monoisotopic (exact) mass is 464 g/mol. The predicted molar refractivity (Wildman–Crippen MR) is 119 cm³/mol. The number of halogens is 2. The molecule has 0 saturated carbocycles. The van der Waals surface area contributed by atoms with Gasteiger partial charge in [0.15, 0.2) is 0 Å². The molecule has 0 saturated heterocycles. The quantitative estimate of drug-likeness (QED) is 0.515. The number of nitrogens with one attached hydrogen (secondary N) is 2. The number of carbonyl (C=O) groups is 1. The number of hydrogen-bond acceptors (Lipinski definition) is 4. The fourth-order valence-electron chi connectivity index (χ4n) is 2.61. The van der Waals surface area contributed by atoms with E-state index in [4.69, 9.17) is 27.9 Å². The third kappa shape index (κ3) is 5.66. The maximum absolute atomic E-state index is 12.5. The molecule has 3 rings (SSSR count). The van der Waals surface area contributed by atoms with Crippen molar-refractivity contribution in [3.63, 3.8) is 0 Å². The Labute approximate surface area is 184 Å². The predicted octanol–water partition coefficient (Wildman–Crippen LogP) is 4.98. The molecule has 0 aliphatic carbocycles. The van der Waals surface area contributed by atoms with E-state index in [0.29, 0.717) is 17.1 Å². The first-order chi connectivity index (χ1) is 14.3. The van der Waals surface area contributed by atoms with Crippen LogP contribution in [0.15, 0.2) is 71.6 Å². The van der Waals surface area contributed by atoms with Gasteiger partial charge in [0.1, 0.15) is 5.75 Å². The first-order valence-electron chi connectivity index (χ1n) is 8.77. The molecule has 0 aliphatic rings. The zero-order chi connectivity index (χ0) is 21.7. The summed E-state index contributed by atoms with van der Waals surface area (Å²) in [6.07, 6.45) is 0.145. The minimum atomic E-state index is -3.82. The number of anilines is 2. The Kier molecular flexibility index (Phi) is 6.87. The highest BCUT2D eigenvalue weighted by Crippen LogP contribution is 2.26. The van der Waals surface area contributed by atoms with Crippen molar-refractivity contribution >= 4 is 50.5 Å². The van der Waals surface area contributed by atoms with Gasteiger partial charge in [-0.15, -0.1) is 0 Å². The molecule has 0 fully saturated rings. The molecular formula is C21H18Cl2N2O4S. The summed E-state index contributed by atoms with van der Waals surface area (Å²) in [4.78, 5) is 12.2. The fourth-order valence-corrected chi connectivity index (χ4v) is 4.06. The van der Waals surface area contributed by atoms with E-state index >= 15 is 0 Å². The minimum absolute atomic E-state index is 0.000143. The van der Waals surface area contributed by atoms with Gasteiger partial charge < -0.3 is 10.1 Å². The molecule has 9 heteroatoms. The van der Waals surface area contributed by atoms with Crippen LogP contribution in [-0.2, 0) is 21.2 Å². The van der Waals surface area contributed by atoms with Crippen molar-refractivity contribution in [3.05, 3.63) is 82.3 Å². The molecule has 0 radical (unpaired) electrons. The summed E-state index contributed by atoms with van der Waals surface area (Å²) in [5.74, 6) is 0.510. The van der Waals surface area contributed by atoms with E-state index in [0.717, 1.165) is 5.56 Å². The number of amides is 1. The van der Waals surface area contributed by atoms with Crippen LogP contribution in [-0.4, -0.2) is 21.4 Å². The molecule has 2 N–H and O–H groups in total. The van der Waals surface area contributed by atoms with Crippen LogP contribution in [0.5, 0.6) is 5.75 Å². The number of benzene rings is 3. The average molecular weight is 465 g/mol. The number of hydrogen-bond donors (Lipinski definition) is 2. The second-order valence-electron chi connectivity index (χ2n) is 6.33. The molecule has 0 aromatic heterocycles. The number of ether oxygens (including phenoxy) is 1. The Balaban J connectivity index is 1.62. The van der Waals surface area contributed by atoms with Gasteiger partial charge in [0.25, 0.3) is 10.0 Å². The van der Waals surface area contributed by atoms with Crippen molar-refractivity contribution in [2.24, 2.45) is 0 Å². The normalized spacial score (nSPS) is 11.0.